The molecule has 5 N–H and O–H groups in total. The number of carbonyl (C=O) groups is 2. The smallest absolute Gasteiger partial charge is 0.462 e. The molecule has 5 atom stereocenters. The van der Waals surface area contributed by atoms with Gasteiger partial charge in [-0.05, 0) is 44.4 Å². The first-order chi connectivity index (χ1) is 28.4. The number of phosphoric acid groups is 1. The van der Waals surface area contributed by atoms with Crippen molar-refractivity contribution < 1.29 is 58.0 Å². The maximum absolute atomic E-state index is 12.7. The lowest BCUT2D eigenvalue weighted by molar-refractivity contribution is -0.161. The zero-order valence-electron chi connectivity index (χ0n) is 37.6. The van der Waals surface area contributed by atoms with Crippen LogP contribution in [0.25, 0.3) is 0 Å². The minimum atomic E-state index is -4.65. The number of esters is 2. The summed E-state index contributed by atoms with van der Waals surface area (Å²) in [6.45, 7) is 4.52. The van der Waals surface area contributed by atoms with E-state index in [1.54, 1.807) is 0 Å². The van der Waals surface area contributed by atoms with Gasteiger partial charge >= 0.3 is 19.8 Å². The number of aliphatic hydroxyl groups excluding tert-OH is 4. The second kappa shape index (κ2) is 40.7. The van der Waals surface area contributed by atoms with Crippen molar-refractivity contribution in [3.63, 3.8) is 0 Å². The van der Waals surface area contributed by atoms with Crippen LogP contribution < -0.4 is 0 Å². The van der Waals surface area contributed by atoms with Gasteiger partial charge in [0.15, 0.2) is 6.10 Å². The average molecular weight is 865 g/mol. The quantitative estimate of drug-likeness (QED) is 0.0169. The summed E-state index contributed by atoms with van der Waals surface area (Å²) in [5, 5.41) is 38.8. The maximum atomic E-state index is 12.7. The molecule has 0 spiro atoms. The fourth-order valence-electron chi connectivity index (χ4n) is 6.73. The normalized spacial score (nSPS) is 15.0. The van der Waals surface area contributed by atoms with E-state index in [4.69, 9.17) is 19.1 Å². The van der Waals surface area contributed by atoms with Crippen LogP contribution in [0.3, 0.4) is 0 Å². The average Bonchev–Trinajstić information content (AvgIpc) is 3.21. The van der Waals surface area contributed by atoms with Crippen LogP contribution in [-0.4, -0.2) is 88.1 Å². The molecule has 0 aromatic carbocycles. The van der Waals surface area contributed by atoms with Crippen LogP contribution in [0.1, 0.15) is 213 Å². The van der Waals surface area contributed by atoms with Gasteiger partial charge in [-0.3, -0.25) is 18.6 Å². The first-order valence-corrected chi connectivity index (χ1v) is 25.2. The summed E-state index contributed by atoms with van der Waals surface area (Å²) in [6.07, 6.45) is 30.6. The molecule has 0 aliphatic rings. The zero-order chi connectivity index (χ0) is 43.8. The van der Waals surface area contributed by atoms with Crippen LogP contribution in [0, 0.1) is 5.92 Å². The Balaban J connectivity index is 4.31. The lowest BCUT2D eigenvalue weighted by Gasteiger charge is -2.20. The number of ether oxygens (including phenoxy) is 2. The van der Waals surface area contributed by atoms with Crippen LogP contribution in [0.15, 0.2) is 12.2 Å². The van der Waals surface area contributed by atoms with Crippen molar-refractivity contribution in [3.8, 4) is 0 Å². The van der Waals surface area contributed by atoms with Crippen molar-refractivity contribution in [3.05, 3.63) is 12.2 Å². The van der Waals surface area contributed by atoms with Crippen LogP contribution in [0.5, 0.6) is 0 Å². The molecule has 0 saturated carbocycles. The fraction of sp³-hybridized carbons (Fsp3) is 0.913. The molecular formula is C46H89O12P. The number of phosphoric ester groups is 1. The lowest BCUT2D eigenvalue weighted by atomic mass is 10.0. The molecule has 0 radical (unpaired) electrons. The molecule has 0 saturated heterocycles. The lowest BCUT2D eigenvalue weighted by Crippen LogP contribution is -2.29. The van der Waals surface area contributed by atoms with Crippen LogP contribution >= 0.6 is 7.82 Å². The molecule has 0 aromatic rings. The minimum Gasteiger partial charge on any atom is -0.462 e. The monoisotopic (exact) mass is 865 g/mol. The van der Waals surface area contributed by atoms with E-state index in [1.165, 1.54) is 96.3 Å². The van der Waals surface area contributed by atoms with Gasteiger partial charge in [0.2, 0.25) is 0 Å². The molecule has 1 unspecified atom stereocenters. The number of hydrogen-bond acceptors (Lipinski definition) is 11. The number of allylic oxidation sites excluding steroid dienone is 1. The highest BCUT2D eigenvalue weighted by Gasteiger charge is 2.27. The van der Waals surface area contributed by atoms with Gasteiger partial charge in [-0.2, -0.15) is 0 Å². The van der Waals surface area contributed by atoms with Gasteiger partial charge < -0.3 is 34.8 Å². The highest BCUT2D eigenvalue weighted by atomic mass is 31.2. The van der Waals surface area contributed by atoms with E-state index in [1.807, 2.05) is 6.08 Å². The second-order valence-corrected chi connectivity index (χ2v) is 18.4. The van der Waals surface area contributed by atoms with Crippen molar-refractivity contribution in [1.82, 2.24) is 0 Å². The third kappa shape index (κ3) is 40.5. The minimum absolute atomic E-state index is 0.146. The molecule has 13 heteroatoms. The Morgan fingerprint density at radius 2 is 1.05 bits per heavy atom. The van der Waals surface area contributed by atoms with Gasteiger partial charge in [-0.15, -0.1) is 0 Å². The van der Waals surface area contributed by atoms with E-state index in [2.05, 4.69) is 31.4 Å². The Hall–Kier alpha value is -1.37. The number of hydrogen-bond donors (Lipinski definition) is 5. The van der Waals surface area contributed by atoms with Crippen LogP contribution in [-0.2, 0) is 32.7 Å². The highest BCUT2D eigenvalue weighted by molar-refractivity contribution is 7.47. The third-order valence-corrected chi connectivity index (χ3v) is 11.5. The molecular weight excluding hydrogens is 775 g/mol. The van der Waals surface area contributed by atoms with Crippen LogP contribution in [0.4, 0.5) is 0 Å². The molecule has 59 heavy (non-hydrogen) atoms. The van der Waals surface area contributed by atoms with E-state index in [0.717, 1.165) is 63.7 Å². The number of carbonyl (C=O) groups excluding carboxylic acids is 2. The molecule has 0 bridgehead atoms. The summed E-state index contributed by atoms with van der Waals surface area (Å²) in [5.74, 6) is -0.201. The molecule has 0 aliphatic carbocycles. The van der Waals surface area contributed by atoms with Crippen molar-refractivity contribution >= 4 is 19.8 Å². The molecule has 0 rings (SSSR count). The third-order valence-electron chi connectivity index (χ3n) is 10.5. The Morgan fingerprint density at radius 1 is 0.576 bits per heavy atom. The largest absolute Gasteiger partial charge is 0.472 e. The molecule has 0 heterocycles. The Morgan fingerprint density at radius 3 is 1.56 bits per heavy atom. The summed E-state index contributed by atoms with van der Waals surface area (Å²) >= 11 is 0. The Bertz CT molecular complexity index is 1040. The molecule has 0 aromatic heterocycles. The maximum Gasteiger partial charge on any atom is 0.472 e. The molecule has 0 aliphatic heterocycles. The molecule has 0 amide bonds. The summed E-state index contributed by atoms with van der Waals surface area (Å²) in [6, 6.07) is 0. The fourth-order valence-corrected chi connectivity index (χ4v) is 7.52. The van der Waals surface area contributed by atoms with E-state index in [-0.39, 0.29) is 19.4 Å². The predicted molar refractivity (Wildman–Crippen MR) is 236 cm³/mol. The van der Waals surface area contributed by atoms with E-state index in [9.17, 15) is 34.4 Å². The number of aliphatic hydroxyl groups is 4. The van der Waals surface area contributed by atoms with Crippen molar-refractivity contribution in [1.29, 1.82) is 0 Å². The van der Waals surface area contributed by atoms with E-state index in [0.29, 0.717) is 25.7 Å². The summed E-state index contributed by atoms with van der Waals surface area (Å²) in [4.78, 5) is 35.1. The zero-order valence-corrected chi connectivity index (χ0v) is 38.5. The van der Waals surface area contributed by atoms with Gasteiger partial charge in [-0.1, -0.05) is 174 Å². The first kappa shape index (κ1) is 57.6. The van der Waals surface area contributed by atoms with Crippen molar-refractivity contribution in [2.24, 2.45) is 5.92 Å². The highest BCUT2D eigenvalue weighted by Crippen LogP contribution is 2.43. The van der Waals surface area contributed by atoms with Gasteiger partial charge in [0.1, 0.15) is 12.7 Å². The SMILES string of the molecule is CCCCC/C=C\C[C@@H](O)[C@H](O)CCCCCCCC(=O)OC[C@H](COP(=O)(O)OC[C@@H](O)CO)OC(=O)CCCCCCCCCCCCCCCCCCC(C)C. The molecule has 12 nitrogen and oxygen atoms in total. The van der Waals surface area contributed by atoms with Gasteiger partial charge in [0.05, 0.1) is 32.0 Å². The van der Waals surface area contributed by atoms with Gasteiger partial charge in [0, 0.05) is 12.8 Å². The predicted octanol–water partition coefficient (Wildman–Crippen LogP) is 10.6. The molecule has 350 valence electrons. The number of rotatable bonds is 44. The Kier molecular flexibility index (Phi) is 39.7. The van der Waals surface area contributed by atoms with Gasteiger partial charge in [0.25, 0.3) is 0 Å². The Labute approximate surface area is 359 Å². The second-order valence-electron chi connectivity index (χ2n) is 16.9. The topological polar surface area (TPSA) is 189 Å². The summed E-state index contributed by atoms with van der Waals surface area (Å²) in [7, 11) is -4.65. The number of unbranched alkanes of at least 4 members (excludes halogenated alkanes) is 22. The van der Waals surface area contributed by atoms with E-state index >= 15 is 0 Å². The summed E-state index contributed by atoms with van der Waals surface area (Å²) < 4.78 is 32.7. The molecule has 0 fully saturated rings. The van der Waals surface area contributed by atoms with Crippen molar-refractivity contribution in [2.45, 2.75) is 238 Å². The van der Waals surface area contributed by atoms with Crippen LogP contribution in [0.2, 0.25) is 0 Å². The summed E-state index contributed by atoms with van der Waals surface area (Å²) in [5.41, 5.74) is 0. The van der Waals surface area contributed by atoms with Crippen molar-refractivity contribution in [2.75, 3.05) is 26.4 Å². The van der Waals surface area contributed by atoms with Gasteiger partial charge in [-0.25, -0.2) is 4.57 Å². The first-order valence-electron chi connectivity index (χ1n) is 23.7. The van der Waals surface area contributed by atoms with E-state index < -0.39 is 64.0 Å². The standard InChI is InChI=1S/C46H89O12P/c1-4-5-6-7-22-27-32-43(49)44(50)33-28-23-20-25-29-34-45(51)55-38-42(39-57-59(53,54)56-37-41(48)36-47)58-46(52)35-30-24-19-17-15-13-11-9-8-10-12-14-16-18-21-26-31-40(2)3/h22,27,40-44,47-50H,4-21,23-26,28-39H2,1-3H3,(H,53,54)/b27-22-/t41-,42+,43+,44+/m0/s1.